The van der Waals surface area contributed by atoms with Crippen molar-refractivity contribution in [3.63, 3.8) is 0 Å². The summed E-state index contributed by atoms with van der Waals surface area (Å²) in [5.74, 6) is 0.550. The number of aliphatic imine (C=N–C) groups is 1. The van der Waals surface area contributed by atoms with Crippen LogP contribution in [0.1, 0.15) is 4.88 Å². The molecule has 4 nitrogen and oxygen atoms in total. The average molecular weight is 285 g/mol. The molecule has 0 saturated carbocycles. The summed E-state index contributed by atoms with van der Waals surface area (Å²) in [4.78, 5) is 16.8. The van der Waals surface area contributed by atoms with Crippen LogP contribution in [-0.4, -0.2) is 18.5 Å². The van der Waals surface area contributed by atoms with Crippen LogP contribution >= 0.6 is 11.3 Å². The lowest BCUT2D eigenvalue weighted by Gasteiger charge is -2.03. The number of cyclic esters (lactones) is 1. The molecule has 3 rings (SSSR count). The Balaban J connectivity index is 1.68. The number of ether oxygens (including phenoxy) is 2. The highest BCUT2D eigenvalue weighted by Gasteiger charge is 2.23. The standard InChI is InChI=1S/C15H11NO3S/c17-15-13(9-12-7-4-8-20-12)16-14(19-15)10-18-11-5-2-1-3-6-11/h1-9H,10H2/b13-9+. The fraction of sp³-hybridized carbons (Fsp3) is 0.0667. The van der Waals surface area contributed by atoms with Gasteiger partial charge >= 0.3 is 5.97 Å². The summed E-state index contributed by atoms with van der Waals surface area (Å²) >= 11 is 1.54. The Hall–Kier alpha value is -2.40. The van der Waals surface area contributed by atoms with Gasteiger partial charge in [0, 0.05) is 4.88 Å². The number of hydrogen-bond acceptors (Lipinski definition) is 5. The summed E-state index contributed by atoms with van der Waals surface area (Å²) in [6.07, 6.45) is 1.71. The number of esters is 1. The van der Waals surface area contributed by atoms with Crippen LogP contribution in [0.25, 0.3) is 6.08 Å². The van der Waals surface area contributed by atoms with Gasteiger partial charge in [-0.3, -0.25) is 0 Å². The van der Waals surface area contributed by atoms with Crippen molar-refractivity contribution in [2.45, 2.75) is 0 Å². The molecule has 5 heteroatoms. The van der Waals surface area contributed by atoms with E-state index in [9.17, 15) is 4.79 Å². The third-order valence-corrected chi connectivity index (χ3v) is 3.41. The summed E-state index contributed by atoms with van der Waals surface area (Å²) in [5, 5.41) is 1.94. The van der Waals surface area contributed by atoms with Crippen molar-refractivity contribution in [3.8, 4) is 5.75 Å². The fourth-order valence-electron chi connectivity index (χ4n) is 1.68. The molecule has 0 aliphatic carbocycles. The molecular formula is C15H11NO3S. The SMILES string of the molecule is O=C1OC(COc2ccccc2)=N/C1=C/c1cccs1. The Bertz CT molecular complexity index is 660. The number of rotatable bonds is 4. The largest absolute Gasteiger partial charge is 0.484 e. The highest BCUT2D eigenvalue weighted by molar-refractivity contribution is 7.10. The van der Waals surface area contributed by atoms with Crippen LogP contribution < -0.4 is 4.74 Å². The zero-order valence-electron chi connectivity index (χ0n) is 10.5. The third kappa shape index (κ3) is 2.95. The van der Waals surface area contributed by atoms with Crippen LogP contribution in [0, 0.1) is 0 Å². The second kappa shape index (κ2) is 5.71. The molecule has 1 aliphatic rings. The van der Waals surface area contributed by atoms with Gasteiger partial charge in [-0.05, 0) is 29.7 Å². The quantitative estimate of drug-likeness (QED) is 0.640. The number of hydrogen-bond donors (Lipinski definition) is 0. The van der Waals surface area contributed by atoms with Crippen LogP contribution in [0.15, 0.2) is 58.5 Å². The number of carbonyl (C=O) groups is 1. The Morgan fingerprint density at radius 2 is 2.05 bits per heavy atom. The number of thiophene rings is 1. The average Bonchev–Trinajstić information content (AvgIpc) is 3.09. The minimum Gasteiger partial charge on any atom is -0.484 e. The highest BCUT2D eigenvalue weighted by Crippen LogP contribution is 2.19. The lowest BCUT2D eigenvalue weighted by molar-refractivity contribution is -0.130. The molecule has 2 aromatic rings. The fourth-order valence-corrected chi connectivity index (χ4v) is 2.34. The zero-order chi connectivity index (χ0) is 13.8. The van der Waals surface area contributed by atoms with Gasteiger partial charge in [0.1, 0.15) is 5.75 Å². The topological polar surface area (TPSA) is 47.9 Å². The van der Waals surface area contributed by atoms with Crippen molar-refractivity contribution in [3.05, 3.63) is 58.4 Å². The smallest absolute Gasteiger partial charge is 0.363 e. The molecule has 1 aliphatic heterocycles. The number of benzene rings is 1. The maximum absolute atomic E-state index is 11.7. The van der Waals surface area contributed by atoms with Crippen molar-refractivity contribution >= 4 is 29.3 Å². The maximum Gasteiger partial charge on any atom is 0.363 e. The van der Waals surface area contributed by atoms with Crippen LogP contribution in [0.2, 0.25) is 0 Å². The van der Waals surface area contributed by atoms with Gasteiger partial charge in [-0.1, -0.05) is 24.3 Å². The van der Waals surface area contributed by atoms with E-state index in [1.807, 2.05) is 47.8 Å². The van der Waals surface area contributed by atoms with Gasteiger partial charge in [-0.2, -0.15) is 0 Å². The van der Waals surface area contributed by atoms with Gasteiger partial charge in [0.2, 0.25) is 5.90 Å². The van der Waals surface area contributed by atoms with Gasteiger partial charge in [-0.25, -0.2) is 9.79 Å². The molecule has 0 radical (unpaired) electrons. The van der Waals surface area contributed by atoms with Gasteiger partial charge in [0.15, 0.2) is 12.3 Å². The molecule has 0 atom stereocenters. The normalized spacial score (nSPS) is 16.1. The first-order valence-corrected chi connectivity index (χ1v) is 6.92. The molecule has 1 aromatic carbocycles. The molecule has 0 amide bonds. The lowest BCUT2D eigenvalue weighted by atomic mass is 10.3. The molecule has 0 unspecified atom stereocenters. The minimum atomic E-state index is -0.440. The van der Waals surface area contributed by atoms with Gasteiger partial charge in [0.05, 0.1) is 0 Å². The molecule has 0 spiro atoms. The van der Waals surface area contributed by atoms with Crippen molar-refractivity contribution in [1.82, 2.24) is 0 Å². The van der Waals surface area contributed by atoms with E-state index in [2.05, 4.69) is 4.99 Å². The predicted octanol–water partition coefficient (Wildman–Crippen LogP) is 3.12. The minimum absolute atomic E-state index is 0.136. The van der Waals surface area contributed by atoms with E-state index in [0.717, 1.165) is 4.88 Å². The predicted molar refractivity (Wildman–Crippen MR) is 77.8 cm³/mol. The van der Waals surface area contributed by atoms with Gasteiger partial charge in [-0.15, -0.1) is 11.3 Å². The zero-order valence-corrected chi connectivity index (χ0v) is 11.3. The Morgan fingerprint density at radius 1 is 1.20 bits per heavy atom. The summed E-state index contributed by atoms with van der Waals surface area (Å²) in [7, 11) is 0. The van der Waals surface area contributed by atoms with E-state index in [4.69, 9.17) is 9.47 Å². The van der Waals surface area contributed by atoms with Crippen LogP contribution in [-0.2, 0) is 9.53 Å². The first kappa shape index (κ1) is 12.6. The summed E-state index contributed by atoms with van der Waals surface area (Å²) < 4.78 is 10.6. The molecule has 0 fully saturated rings. The Morgan fingerprint density at radius 3 is 2.80 bits per heavy atom. The number of para-hydroxylation sites is 1. The van der Waals surface area contributed by atoms with Crippen molar-refractivity contribution in [2.75, 3.05) is 6.61 Å². The van der Waals surface area contributed by atoms with E-state index in [-0.39, 0.29) is 12.5 Å². The molecule has 2 heterocycles. The first-order valence-electron chi connectivity index (χ1n) is 6.04. The monoisotopic (exact) mass is 285 g/mol. The first-order chi connectivity index (χ1) is 9.81. The molecule has 0 bridgehead atoms. The van der Waals surface area contributed by atoms with E-state index < -0.39 is 5.97 Å². The van der Waals surface area contributed by atoms with E-state index in [1.54, 1.807) is 6.08 Å². The van der Waals surface area contributed by atoms with Gasteiger partial charge in [0.25, 0.3) is 0 Å². The van der Waals surface area contributed by atoms with Crippen LogP contribution in [0.4, 0.5) is 0 Å². The molecular weight excluding hydrogens is 274 g/mol. The molecule has 20 heavy (non-hydrogen) atoms. The van der Waals surface area contributed by atoms with Crippen LogP contribution in [0.5, 0.6) is 5.75 Å². The van der Waals surface area contributed by atoms with Gasteiger partial charge < -0.3 is 9.47 Å². The third-order valence-electron chi connectivity index (χ3n) is 2.59. The lowest BCUT2D eigenvalue weighted by Crippen LogP contribution is -2.13. The van der Waals surface area contributed by atoms with Crippen molar-refractivity contribution in [1.29, 1.82) is 0 Å². The molecule has 1 aromatic heterocycles. The van der Waals surface area contributed by atoms with E-state index in [0.29, 0.717) is 11.4 Å². The number of nitrogens with zero attached hydrogens (tertiary/aromatic N) is 1. The summed E-state index contributed by atoms with van der Waals surface area (Å²) in [5.41, 5.74) is 0.305. The Kier molecular flexibility index (Phi) is 3.60. The van der Waals surface area contributed by atoms with E-state index >= 15 is 0 Å². The van der Waals surface area contributed by atoms with Crippen molar-refractivity contribution < 1.29 is 14.3 Å². The summed E-state index contributed by atoms with van der Waals surface area (Å²) in [6, 6.07) is 13.2. The van der Waals surface area contributed by atoms with E-state index in [1.165, 1.54) is 11.3 Å². The van der Waals surface area contributed by atoms with Crippen molar-refractivity contribution in [2.24, 2.45) is 4.99 Å². The number of carbonyl (C=O) groups excluding carboxylic acids is 1. The summed E-state index contributed by atoms with van der Waals surface area (Å²) in [6.45, 7) is 0.136. The second-order valence-electron chi connectivity index (χ2n) is 4.04. The maximum atomic E-state index is 11.7. The molecule has 0 saturated heterocycles. The molecule has 100 valence electrons. The second-order valence-corrected chi connectivity index (χ2v) is 5.02. The molecule has 0 N–H and O–H groups in total. The highest BCUT2D eigenvalue weighted by atomic mass is 32.1. The van der Waals surface area contributed by atoms with Crippen LogP contribution in [0.3, 0.4) is 0 Å². The Labute approximate surface area is 120 Å².